The van der Waals surface area contributed by atoms with Crippen molar-refractivity contribution in [3.05, 3.63) is 53.5 Å². The van der Waals surface area contributed by atoms with E-state index in [9.17, 15) is 13.2 Å². The third-order valence-corrected chi connectivity index (χ3v) is 6.15. The van der Waals surface area contributed by atoms with E-state index in [-0.39, 0.29) is 5.69 Å². The molecule has 176 valence electrons. The zero-order valence-electron chi connectivity index (χ0n) is 18.9. The molecule has 0 spiro atoms. The lowest BCUT2D eigenvalue weighted by Gasteiger charge is -2.35. The molecule has 0 atom stereocenters. The number of anilines is 3. The fourth-order valence-electron chi connectivity index (χ4n) is 4.24. The van der Waals surface area contributed by atoms with Crippen molar-refractivity contribution in [1.29, 1.82) is 0 Å². The van der Waals surface area contributed by atoms with Gasteiger partial charge in [-0.1, -0.05) is 6.92 Å². The van der Waals surface area contributed by atoms with Crippen molar-refractivity contribution in [3.8, 4) is 0 Å². The first-order chi connectivity index (χ1) is 15.7. The van der Waals surface area contributed by atoms with Crippen LogP contribution in [0.15, 0.2) is 36.7 Å². The molecule has 3 heterocycles. The Morgan fingerprint density at radius 3 is 2.48 bits per heavy atom. The van der Waals surface area contributed by atoms with E-state index in [4.69, 9.17) is 5.73 Å². The number of aromatic nitrogens is 2. The molecule has 1 aliphatic rings. The van der Waals surface area contributed by atoms with Gasteiger partial charge in [0, 0.05) is 43.8 Å². The number of nitrogens with two attached hydrogens (primary N) is 1. The van der Waals surface area contributed by atoms with Gasteiger partial charge in [0.2, 0.25) is 0 Å². The summed E-state index contributed by atoms with van der Waals surface area (Å²) in [7, 11) is 0. The Balaban J connectivity index is 1.52. The standard InChI is InChI=1S/C24H29F3N6/c1-3-32-6-8-33(9-7-32)20-13-21-22(15-30-16(2)23(21)31-14-20)29-5-4-17-10-18(24(25,26)27)12-19(28)11-17/h10-15,29H,3-9,28H2,1-2H3. The fraction of sp³-hybridized carbons (Fsp3) is 0.417. The molecule has 3 N–H and O–H groups in total. The first kappa shape index (κ1) is 23.1. The van der Waals surface area contributed by atoms with Gasteiger partial charge in [0.15, 0.2) is 0 Å². The molecule has 1 fully saturated rings. The van der Waals surface area contributed by atoms with Crippen LogP contribution in [0.4, 0.5) is 30.2 Å². The summed E-state index contributed by atoms with van der Waals surface area (Å²) in [6.45, 7) is 9.54. The SMILES string of the molecule is CCN1CCN(c2cnc3c(C)ncc(NCCc4cc(N)cc(C(F)(F)F)c4)c3c2)CC1. The number of aryl methyl sites for hydroxylation is 1. The van der Waals surface area contributed by atoms with Crippen molar-refractivity contribution < 1.29 is 13.2 Å². The largest absolute Gasteiger partial charge is 0.416 e. The topological polar surface area (TPSA) is 70.3 Å². The van der Waals surface area contributed by atoms with E-state index in [1.54, 1.807) is 12.3 Å². The minimum absolute atomic E-state index is 0.110. The second kappa shape index (κ2) is 9.43. The molecule has 33 heavy (non-hydrogen) atoms. The molecule has 4 rings (SSSR count). The minimum atomic E-state index is -4.42. The number of rotatable bonds is 6. The summed E-state index contributed by atoms with van der Waals surface area (Å²) in [5.74, 6) is 0. The lowest BCUT2D eigenvalue weighted by molar-refractivity contribution is -0.137. The number of hydrogen-bond donors (Lipinski definition) is 2. The van der Waals surface area contributed by atoms with E-state index in [0.717, 1.165) is 72.8 Å². The molecule has 3 aromatic rings. The lowest BCUT2D eigenvalue weighted by atomic mass is 10.1. The summed E-state index contributed by atoms with van der Waals surface area (Å²) in [5.41, 5.74) is 9.15. The number of alkyl halides is 3. The van der Waals surface area contributed by atoms with Gasteiger partial charge in [-0.25, -0.2) is 0 Å². The second-order valence-electron chi connectivity index (χ2n) is 8.41. The van der Waals surface area contributed by atoms with Gasteiger partial charge < -0.3 is 20.9 Å². The molecule has 1 aliphatic heterocycles. The number of benzene rings is 1. The second-order valence-corrected chi connectivity index (χ2v) is 8.41. The van der Waals surface area contributed by atoms with E-state index in [0.29, 0.717) is 18.5 Å². The summed E-state index contributed by atoms with van der Waals surface area (Å²) < 4.78 is 39.3. The summed E-state index contributed by atoms with van der Waals surface area (Å²) >= 11 is 0. The number of nitrogen functional groups attached to an aromatic ring is 1. The lowest BCUT2D eigenvalue weighted by Crippen LogP contribution is -2.46. The molecular formula is C24H29F3N6. The van der Waals surface area contributed by atoms with Gasteiger partial charge in [0.05, 0.1) is 40.5 Å². The van der Waals surface area contributed by atoms with Crippen LogP contribution >= 0.6 is 0 Å². The van der Waals surface area contributed by atoms with Crippen LogP contribution in [-0.4, -0.2) is 54.1 Å². The molecule has 0 amide bonds. The number of likely N-dealkylation sites (N-methyl/N-ethyl adjacent to an activating group) is 1. The molecule has 0 unspecified atom stereocenters. The van der Waals surface area contributed by atoms with Crippen LogP contribution in [0.2, 0.25) is 0 Å². The van der Waals surface area contributed by atoms with E-state index in [2.05, 4.69) is 38.1 Å². The minimum Gasteiger partial charge on any atom is -0.399 e. The number of hydrogen-bond acceptors (Lipinski definition) is 6. The highest BCUT2D eigenvalue weighted by molar-refractivity contribution is 5.94. The average Bonchev–Trinajstić information content (AvgIpc) is 2.79. The van der Waals surface area contributed by atoms with Crippen LogP contribution in [-0.2, 0) is 12.6 Å². The van der Waals surface area contributed by atoms with Gasteiger partial charge in [0.1, 0.15) is 0 Å². The van der Waals surface area contributed by atoms with Gasteiger partial charge in [-0.3, -0.25) is 9.97 Å². The highest BCUT2D eigenvalue weighted by Crippen LogP contribution is 2.32. The van der Waals surface area contributed by atoms with Crippen LogP contribution in [0.3, 0.4) is 0 Å². The maximum atomic E-state index is 13.1. The number of nitrogens with one attached hydrogen (secondary N) is 1. The van der Waals surface area contributed by atoms with E-state index in [1.807, 2.05) is 13.1 Å². The number of nitrogens with zero attached hydrogens (tertiary/aromatic N) is 4. The highest BCUT2D eigenvalue weighted by Gasteiger charge is 2.31. The Morgan fingerprint density at radius 1 is 1.03 bits per heavy atom. The molecule has 1 saturated heterocycles. The summed E-state index contributed by atoms with van der Waals surface area (Å²) in [4.78, 5) is 13.9. The highest BCUT2D eigenvalue weighted by atomic mass is 19.4. The van der Waals surface area contributed by atoms with Crippen LogP contribution in [0.1, 0.15) is 23.7 Å². The number of fused-ring (bicyclic) bond motifs is 1. The summed E-state index contributed by atoms with van der Waals surface area (Å²) in [6.07, 6.45) is -0.360. The Hall–Kier alpha value is -3.07. The Morgan fingerprint density at radius 2 is 1.79 bits per heavy atom. The molecule has 2 aromatic heterocycles. The van der Waals surface area contributed by atoms with Crippen molar-refractivity contribution in [2.75, 3.05) is 55.2 Å². The number of pyridine rings is 2. The van der Waals surface area contributed by atoms with E-state index in [1.165, 1.54) is 0 Å². The summed E-state index contributed by atoms with van der Waals surface area (Å²) in [6, 6.07) is 5.82. The first-order valence-electron chi connectivity index (χ1n) is 11.2. The Labute approximate surface area is 191 Å². The third-order valence-electron chi connectivity index (χ3n) is 6.15. The van der Waals surface area contributed by atoms with Crippen LogP contribution in [0.5, 0.6) is 0 Å². The van der Waals surface area contributed by atoms with Crippen LogP contribution in [0, 0.1) is 6.92 Å². The fourth-order valence-corrected chi connectivity index (χ4v) is 4.24. The third kappa shape index (κ3) is 5.30. The van der Waals surface area contributed by atoms with Crippen molar-refractivity contribution in [2.24, 2.45) is 0 Å². The molecule has 0 bridgehead atoms. The van der Waals surface area contributed by atoms with Crippen molar-refractivity contribution >= 4 is 28.0 Å². The van der Waals surface area contributed by atoms with Crippen LogP contribution in [0.25, 0.3) is 10.9 Å². The predicted octanol–water partition coefficient (Wildman–Crippen LogP) is 4.34. The molecule has 9 heteroatoms. The van der Waals surface area contributed by atoms with Gasteiger partial charge in [-0.2, -0.15) is 13.2 Å². The van der Waals surface area contributed by atoms with Gasteiger partial charge in [-0.05, 0) is 49.7 Å². The molecular weight excluding hydrogens is 429 g/mol. The summed E-state index contributed by atoms with van der Waals surface area (Å²) in [5, 5.41) is 4.30. The average molecular weight is 459 g/mol. The molecule has 0 saturated carbocycles. The van der Waals surface area contributed by atoms with Crippen molar-refractivity contribution in [3.63, 3.8) is 0 Å². The Bertz CT molecular complexity index is 1120. The maximum absolute atomic E-state index is 13.1. The smallest absolute Gasteiger partial charge is 0.399 e. The molecule has 0 radical (unpaired) electrons. The van der Waals surface area contributed by atoms with Crippen molar-refractivity contribution in [2.45, 2.75) is 26.4 Å². The monoisotopic (exact) mass is 458 g/mol. The van der Waals surface area contributed by atoms with Crippen molar-refractivity contribution in [1.82, 2.24) is 14.9 Å². The van der Waals surface area contributed by atoms with E-state index < -0.39 is 11.7 Å². The molecule has 1 aromatic carbocycles. The van der Waals surface area contributed by atoms with E-state index >= 15 is 0 Å². The normalized spacial score (nSPS) is 15.2. The zero-order valence-corrected chi connectivity index (χ0v) is 18.9. The number of halogens is 3. The Kier molecular flexibility index (Phi) is 6.60. The molecule has 6 nitrogen and oxygen atoms in total. The quantitative estimate of drug-likeness (QED) is 0.536. The predicted molar refractivity (Wildman–Crippen MR) is 127 cm³/mol. The maximum Gasteiger partial charge on any atom is 0.416 e. The molecule has 0 aliphatic carbocycles. The van der Waals surface area contributed by atoms with Crippen LogP contribution < -0.4 is 16.0 Å². The van der Waals surface area contributed by atoms with Gasteiger partial charge >= 0.3 is 6.18 Å². The first-order valence-corrected chi connectivity index (χ1v) is 11.2. The zero-order chi connectivity index (χ0) is 23.6. The number of piperazine rings is 1. The van der Waals surface area contributed by atoms with Gasteiger partial charge in [0.25, 0.3) is 0 Å². The van der Waals surface area contributed by atoms with Gasteiger partial charge in [-0.15, -0.1) is 0 Å².